The maximum Gasteiger partial charge on any atom is 0.243 e. The number of halogens is 1. The Morgan fingerprint density at radius 2 is 1.94 bits per heavy atom. The number of rotatable bonds is 6. The van der Waals surface area contributed by atoms with Crippen LogP contribution in [0.5, 0.6) is 5.75 Å². The minimum absolute atomic E-state index is 0.0760. The van der Waals surface area contributed by atoms with Crippen molar-refractivity contribution in [2.24, 2.45) is 5.92 Å². The van der Waals surface area contributed by atoms with Gasteiger partial charge in [0.25, 0.3) is 0 Å². The Balaban J connectivity index is 1.78. The van der Waals surface area contributed by atoms with Crippen molar-refractivity contribution in [1.82, 2.24) is 4.31 Å². The van der Waals surface area contributed by atoms with E-state index >= 15 is 0 Å². The second kappa shape index (κ2) is 9.59. The van der Waals surface area contributed by atoms with Crippen LogP contribution in [0.3, 0.4) is 0 Å². The standard InChI is InChI=1S/C23H29ClN2O4S/c1-5-30-22-11-10-20(14-21(22)24)31(28,29)26-12-6-7-18(15-26)23(27)25(4)19-9-8-16(2)17(3)13-19/h8-11,13-14,18H,5-7,12,15H2,1-4H3/t18-/m1/s1. The third-order valence-electron chi connectivity index (χ3n) is 5.78. The fourth-order valence-corrected chi connectivity index (χ4v) is 5.61. The van der Waals surface area contributed by atoms with E-state index in [1.54, 1.807) is 18.0 Å². The summed E-state index contributed by atoms with van der Waals surface area (Å²) in [6, 6.07) is 10.4. The van der Waals surface area contributed by atoms with Crippen LogP contribution in [-0.4, -0.2) is 45.4 Å². The zero-order chi connectivity index (χ0) is 22.8. The molecule has 0 spiro atoms. The second-order valence-corrected chi connectivity index (χ2v) is 10.2. The van der Waals surface area contributed by atoms with Gasteiger partial charge in [-0.05, 0) is 75.1 Å². The molecule has 1 saturated heterocycles. The summed E-state index contributed by atoms with van der Waals surface area (Å²) in [5.41, 5.74) is 3.08. The van der Waals surface area contributed by atoms with Crippen molar-refractivity contribution < 1.29 is 17.9 Å². The molecule has 2 aromatic carbocycles. The number of amides is 1. The third kappa shape index (κ3) is 5.05. The van der Waals surface area contributed by atoms with Crippen molar-refractivity contribution >= 4 is 33.2 Å². The molecule has 0 aliphatic carbocycles. The van der Waals surface area contributed by atoms with E-state index in [4.69, 9.17) is 16.3 Å². The van der Waals surface area contributed by atoms with Crippen LogP contribution >= 0.6 is 11.6 Å². The van der Waals surface area contributed by atoms with E-state index < -0.39 is 15.9 Å². The van der Waals surface area contributed by atoms with Crippen LogP contribution < -0.4 is 9.64 Å². The smallest absolute Gasteiger partial charge is 0.243 e. The molecule has 1 fully saturated rings. The Bertz CT molecular complexity index is 1070. The quantitative estimate of drug-likeness (QED) is 0.634. The first-order valence-electron chi connectivity index (χ1n) is 10.4. The van der Waals surface area contributed by atoms with Gasteiger partial charge in [0.15, 0.2) is 0 Å². The van der Waals surface area contributed by atoms with Gasteiger partial charge >= 0.3 is 0 Å². The second-order valence-electron chi connectivity index (χ2n) is 7.89. The Hall–Kier alpha value is -2.09. The third-order valence-corrected chi connectivity index (χ3v) is 7.94. The summed E-state index contributed by atoms with van der Waals surface area (Å²) >= 11 is 6.20. The van der Waals surface area contributed by atoms with Crippen LogP contribution in [0.4, 0.5) is 5.69 Å². The summed E-state index contributed by atoms with van der Waals surface area (Å²) in [5.74, 6) is -0.0222. The molecule has 0 radical (unpaired) electrons. The lowest BCUT2D eigenvalue weighted by atomic mass is 9.98. The van der Waals surface area contributed by atoms with Crippen LogP contribution in [-0.2, 0) is 14.8 Å². The highest BCUT2D eigenvalue weighted by Gasteiger charge is 2.35. The lowest BCUT2D eigenvalue weighted by molar-refractivity contribution is -0.123. The molecule has 31 heavy (non-hydrogen) atoms. The summed E-state index contributed by atoms with van der Waals surface area (Å²) in [6.45, 7) is 6.84. The normalized spacial score (nSPS) is 17.4. The number of anilines is 1. The highest BCUT2D eigenvalue weighted by atomic mass is 35.5. The maximum absolute atomic E-state index is 13.2. The van der Waals surface area contributed by atoms with Crippen molar-refractivity contribution in [1.29, 1.82) is 0 Å². The van der Waals surface area contributed by atoms with Crippen molar-refractivity contribution in [3.8, 4) is 5.75 Å². The maximum atomic E-state index is 13.2. The number of carbonyl (C=O) groups excluding carboxylic acids is 1. The van der Waals surface area contributed by atoms with Gasteiger partial charge in [-0.25, -0.2) is 8.42 Å². The topological polar surface area (TPSA) is 66.9 Å². The molecule has 6 nitrogen and oxygen atoms in total. The molecular formula is C23H29ClN2O4S. The van der Waals surface area contributed by atoms with E-state index in [-0.39, 0.29) is 22.4 Å². The van der Waals surface area contributed by atoms with Gasteiger partial charge in [-0.2, -0.15) is 4.31 Å². The van der Waals surface area contributed by atoms with Gasteiger partial charge in [0.1, 0.15) is 5.75 Å². The summed E-state index contributed by atoms with van der Waals surface area (Å²) in [7, 11) is -2.02. The monoisotopic (exact) mass is 464 g/mol. The van der Waals surface area contributed by atoms with Gasteiger partial charge in [-0.3, -0.25) is 4.79 Å². The number of piperidine rings is 1. The Kier molecular flexibility index (Phi) is 7.29. The summed E-state index contributed by atoms with van der Waals surface area (Å²) in [4.78, 5) is 14.9. The van der Waals surface area contributed by atoms with Crippen LogP contribution in [0.1, 0.15) is 30.9 Å². The Morgan fingerprint density at radius 3 is 2.58 bits per heavy atom. The average molecular weight is 465 g/mol. The molecule has 1 aliphatic heterocycles. The number of aryl methyl sites for hydroxylation is 2. The predicted octanol–water partition coefficient (Wildman–Crippen LogP) is 4.42. The zero-order valence-electron chi connectivity index (χ0n) is 18.4. The molecule has 0 N–H and O–H groups in total. The lowest BCUT2D eigenvalue weighted by Gasteiger charge is -2.33. The van der Waals surface area contributed by atoms with Gasteiger partial charge < -0.3 is 9.64 Å². The number of nitrogens with zero attached hydrogens (tertiary/aromatic N) is 2. The highest BCUT2D eigenvalue weighted by Crippen LogP contribution is 2.31. The molecule has 1 aliphatic rings. The van der Waals surface area contributed by atoms with E-state index in [1.165, 1.54) is 16.4 Å². The van der Waals surface area contributed by atoms with Crippen molar-refractivity contribution in [2.75, 3.05) is 31.6 Å². The molecule has 8 heteroatoms. The summed E-state index contributed by atoms with van der Waals surface area (Å²) in [6.07, 6.45) is 1.28. The van der Waals surface area contributed by atoms with E-state index in [2.05, 4.69) is 0 Å². The minimum Gasteiger partial charge on any atom is -0.492 e. The van der Waals surface area contributed by atoms with Crippen LogP contribution in [0, 0.1) is 19.8 Å². The van der Waals surface area contributed by atoms with E-state index in [9.17, 15) is 13.2 Å². The number of sulfonamides is 1. The molecule has 0 bridgehead atoms. The first kappa shape index (κ1) is 23.6. The molecule has 0 aromatic heterocycles. The number of hydrogen-bond acceptors (Lipinski definition) is 4. The summed E-state index contributed by atoms with van der Waals surface area (Å²) in [5, 5.41) is 0.252. The Labute approximate surface area is 189 Å². The van der Waals surface area contributed by atoms with Crippen LogP contribution in [0.2, 0.25) is 5.02 Å². The fourth-order valence-electron chi connectivity index (χ4n) is 3.76. The average Bonchev–Trinajstić information content (AvgIpc) is 2.76. The number of carbonyl (C=O) groups is 1. The van der Waals surface area contributed by atoms with Gasteiger partial charge in [0, 0.05) is 25.8 Å². The fraction of sp³-hybridized carbons (Fsp3) is 0.435. The van der Waals surface area contributed by atoms with Crippen LogP contribution in [0.15, 0.2) is 41.3 Å². The molecular weight excluding hydrogens is 436 g/mol. The molecule has 1 atom stereocenters. The molecule has 3 rings (SSSR count). The zero-order valence-corrected chi connectivity index (χ0v) is 20.0. The number of hydrogen-bond donors (Lipinski definition) is 0. The Morgan fingerprint density at radius 1 is 1.19 bits per heavy atom. The van der Waals surface area contributed by atoms with Gasteiger partial charge in [0.05, 0.1) is 22.4 Å². The van der Waals surface area contributed by atoms with Crippen LogP contribution in [0.25, 0.3) is 0 Å². The van der Waals surface area contributed by atoms with Crippen molar-refractivity contribution in [3.05, 3.63) is 52.5 Å². The molecule has 1 heterocycles. The molecule has 2 aromatic rings. The molecule has 0 saturated carbocycles. The molecule has 0 unspecified atom stereocenters. The highest BCUT2D eigenvalue weighted by molar-refractivity contribution is 7.89. The predicted molar refractivity (Wildman–Crippen MR) is 123 cm³/mol. The molecule has 168 valence electrons. The van der Waals surface area contributed by atoms with Crippen molar-refractivity contribution in [3.63, 3.8) is 0 Å². The first-order valence-corrected chi connectivity index (χ1v) is 12.2. The lowest BCUT2D eigenvalue weighted by Crippen LogP contribution is -2.46. The van der Waals surface area contributed by atoms with Gasteiger partial charge in [-0.15, -0.1) is 0 Å². The minimum atomic E-state index is -3.76. The first-order chi connectivity index (χ1) is 14.6. The van der Waals surface area contributed by atoms with E-state index in [0.29, 0.717) is 31.7 Å². The summed E-state index contributed by atoms with van der Waals surface area (Å²) < 4.78 is 33.2. The van der Waals surface area contributed by atoms with Gasteiger partial charge in [0.2, 0.25) is 15.9 Å². The van der Waals surface area contributed by atoms with Gasteiger partial charge in [-0.1, -0.05) is 17.7 Å². The number of ether oxygens (including phenoxy) is 1. The molecule has 1 amide bonds. The SMILES string of the molecule is CCOc1ccc(S(=O)(=O)N2CCC[C@@H](C(=O)N(C)c3ccc(C)c(C)c3)C2)cc1Cl. The number of benzene rings is 2. The van der Waals surface area contributed by atoms with Crippen molar-refractivity contribution in [2.45, 2.75) is 38.5 Å². The largest absolute Gasteiger partial charge is 0.492 e. The van der Waals surface area contributed by atoms with E-state index in [0.717, 1.165) is 16.8 Å². The van der Waals surface area contributed by atoms with E-state index in [1.807, 2.05) is 39.0 Å².